The number of hydrogen-bond donors (Lipinski definition) is 1. The van der Waals surface area contributed by atoms with Gasteiger partial charge in [0.05, 0.1) is 21.5 Å². The molecule has 0 amide bonds. The molecule has 8 heteroatoms. The first-order valence-electron chi connectivity index (χ1n) is 8.99. The molecule has 30 heavy (non-hydrogen) atoms. The highest BCUT2D eigenvalue weighted by atomic mass is 16.6. The molecule has 0 spiro atoms. The number of aromatic nitrogens is 3. The number of imidazole rings is 1. The van der Waals surface area contributed by atoms with Crippen LogP contribution in [0.4, 0.5) is 5.69 Å². The van der Waals surface area contributed by atoms with E-state index in [0.717, 1.165) is 28.4 Å². The van der Waals surface area contributed by atoms with Gasteiger partial charge >= 0.3 is 0 Å². The predicted molar refractivity (Wildman–Crippen MR) is 112 cm³/mol. The van der Waals surface area contributed by atoms with Gasteiger partial charge in [-0.15, -0.1) is 0 Å². The topological polar surface area (TPSA) is 118 Å². The average molecular weight is 397 g/mol. The average Bonchev–Trinajstić information content (AvgIpc) is 3.16. The largest absolute Gasteiger partial charge is 0.439 e. The maximum absolute atomic E-state index is 10.7. The normalized spacial score (nSPS) is 11.3. The van der Waals surface area contributed by atoms with Gasteiger partial charge in [0.25, 0.3) is 5.69 Å². The van der Waals surface area contributed by atoms with Crippen LogP contribution in [-0.2, 0) is 0 Å². The molecular formula is C22H15N5O3. The van der Waals surface area contributed by atoms with Gasteiger partial charge < -0.3 is 9.72 Å². The fourth-order valence-electron chi connectivity index (χ4n) is 2.86. The van der Waals surface area contributed by atoms with E-state index in [1.165, 1.54) is 12.1 Å². The number of fused-ring (bicyclic) bond motifs is 1. The number of ether oxygens (including phenoxy) is 1. The van der Waals surface area contributed by atoms with Crippen molar-refractivity contribution in [1.29, 1.82) is 5.26 Å². The van der Waals surface area contributed by atoms with Crippen molar-refractivity contribution in [2.24, 2.45) is 0 Å². The number of H-pyrrole nitrogens is 1. The van der Waals surface area contributed by atoms with E-state index in [0.29, 0.717) is 17.1 Å². The van der Waals surface area contributed by atoms with Crippen molar-refractivity contribution in [3.8, 4) is 17.7 Å². The number of aryl methyl sites for hydroxylation is 1. The van der Waals surface area contributed by atoms with Crippen molar-refractivity contribution in [1.82, 2.24) is 15.0 Å². The van der Waals surface area contributed by atoms with Gasteiger partial charge in [-0.3, -0.25) is 10.1 Å². The van der Waals surface area contributed by atoms with Crippen LogP contribution in [0.25, 0.3) is 22.7 Å². The van der Waals surface area contributed by atoms with E-state index >= 15 is 0 Å². The summed E-state index contributed by atoms with van der Waals surface area (Å²) in [6.07, 6.45) is 2.87. The summed E-state index contributed by atoms with van der Waals surface area (Å²) in [6, 6.07) is 17.9. The predicted octanol–water partition coefficient (Wildman–Crippen LogP) is 5.03. The fourth-order valence-corrected chi connectivity index (χ4v) is 2.86. The Morgan fingerprint density at radius 3 is 2.67 bits per heavy atom. The van der Waals surface area contributed by atoms with E-state index < -0.39 is 4.92 Å². The molecule has 0 aliphatic heterocycles. The Balaban J connectivity index is 1.54. The van der Waals surface area contributed by atoms with E-state index in [2.05, 4.69) is 21.0 Å². The van der Waals surface area contributed by atoms with E-state index in [9.17, 15) is 15.4 Å². The lowest BCUT2D eigenvalue weighted by Crippen LogP contribution is -1.91. The summed E-state index contributed by atoms with van der Waals surface area (Å²) in [4.78, 5) is 21.7. The number of nitriles is 1. The summed E-state index contributed by atoms with van der Waals surface area (Å²) in [5.41, 5.74) is 3.90. The lowest BCUT2D eigenvalue weighted by molar-refractivity contribution is -0.385. The van der Waals surface area contributed by atoms with Crippen LogP contribution in [0.3, 0.4) is 0 Å². The van der Waals surface area contributed by atoms with Gasteiger partial charge in [-0.05, 0) is 48.4 Å². The molecule has 146 valence electrons. The Morgan fingerprint density at radius 2 is 2.00 bits per heavy atom. The van der Waals surface area contributed by atoms with Crippen LogP contribution < -0.4 is 4.74 Å². The van der Waals surface area contributed by atoms with Gasteiger partial charge in [0.2, 0.25) is 5.88 Å². The molecule has 0 saturated carbocycles. The van der Waals surface area contributed by atoms with E-state index in [4.69, 9.17) is 4.74 Å². The van der Waals surface area contributed by atoms with Gasteiger partial charge in [-0.1, -0.05) is 18.2 Å². The van der Waals surface area contributed by atoms with Crippen molar-refractivity contribution >= 4 is 28.4 Å². The van der Waals surface area contributed by atoms with Crippen molar-refractivity contribution < 1.29 is 9.66 Å². The highest BCUT2D eigenvalue weighted by Gasteiger charge is 2.09. The minimum atomic E-state index is -0.520. The second-order valence-electron chi connectivity index (χ2n) is 6.56. The zero-order valence-corrected chi connectivity index (χ0v) is 15.9. The Morgan fingerprint density at radius 1 is 1.20 bits per heavy atom. The van der Waals surface area contributed by atoms with Crippen molar-refractivity contribution in [2.45, 2.75) is 6.92 Å². The molecule has 4 aromatic rings. The SMILES string of the molecule is Cc1ccc2nc(C(C#N)=Cc3ccc(Oc4ccc([N+](=O)[O-])cn4)cc3)[nH]c2c1. The maximum atomic E-state index is 10.7. The van der Waals surface area contributed by atoms with Crippen LogP contribution >= 0.6 is 0 Å². The van der Waals surface area contributed by atoms with Crippen LogP contribution in [0, 0.1) is 28.4 Å². The van der Waals surface area contributed by atoms with Crippen molar-refractivity contribution in [3.63, 3.8) is 0 Å². The summed E-state index contributed by atoms with van der Waals surface area (Å²) >= 11 is 0. The van der Waals surface area contributed by atoms with Crippen LogP contribution in [0.15, 0.2) is 60.8 Å². The lowest BCUT2D eigenvalue weighted by atomic mass is 10.1. The first kappa shape index (κ1) is 18.8. The third-order valence-corrected chi connectivity index (χ3v) is 4.36. The third kappa shape index (κ3) is 4.00. The second kappa shape index (κ2) is 7.85. The number of aromatic amines is 1. The molecule has 8 nitrogen and oxygen atoms in total. The summed E-state index contributed by atoms with van der Waals surface area (Å²) in [5.74, 6) is 1.28. The summed E-state index contributed by atoms with van der Waals surface area (Å²) in [7, 11) is 0. The molecule has 2 heterocycles. The van der Waals surface area contributed by atoms with Gasteiger partial charge in [-0.2, -0.15) is 5.26 Å². The number of nitrogens with one attached hydrogen (secondary N) is 1. The summed E-state index contributed by atoms with van der Waals surface area (Å²) in [6.45, 7) is 2.00. The molecule has 0 atom stereocenters. The monoisotopic (exact) mass is 397 g/mol. The van der Waals surface area contributed by atoms with Crippen LogP contribution in [0.5, 0.6) is 11.6 Å². The Hall–Kier alpha value is -4.51. The number of nitrogens with zero attached hydrogens (tertiary/aromatic N) is 4. The Labute approximate surface area is 171 Å². The molecule has 2 aromatic heterocycles. The number of hydrogen-bond acceptors (Lipinski definition) is 6. The molecule has 0 fully saturated rings. The number of allylic oxidation sites excluding steroid dienone is 1. The summed E-state index contributed by atoms with van der Waals surface area (Å²) in [5, 5.41) is 20.3. The first-order valence-corrected chi connectivity index (χ1v) is 8.99. The van der Waals surface area contributed by atoms with E-state index in [1.54, 1.807) is 30.3 Å². The Kier molecular flexibility index (Phi) is 4.93. The molecule has 0 saturated heterocycles. The van der Waals surface area contributed by atoms with E-state index in [-0.39, 0.29) is 11.6 Å². The number of nitro groups is 1. The van der Waals surface area contributed by atoms with Crippen LogP contribution in [0.2, 0.25) is 0 Å². The zero-order valence-electron chi connectivity index (χ0n) is 15.9. The second-order valence-corrected chi connectivity index (χ2v) is 6.56. The zero-order chi connectivity index (χ0) is 21.1. The van der Waals surface area contributed by atoms with Crippen molar-refractivity contribution in [2.75, 3.05) is 0 Å². The maximum Gasteiger partial charge on any atom is 0.287 e. The highest BCUT2D eigenvalue weighted by molar-refractivity contribution is 5.90. The van der Waals surface area contributed by atoms with Crippen LogP contribution in [-0.4, -0.2) is 19.9 Å². The summed E-state index contributed by atoms with van der Waals surface area (Å²) < 4.78 is 5.60. The van der Waals surface area contributed by atoms with E-state index in [1.807, 2.05) is 25.1 Å². The molecule has 0 radical (unpaired) electrons. The lowest BCUT2D eigenvalue weighted by Gasteiger charge is -2.04. The molecule has 0 bridgehead atoms. The highest BCUT2D eigenvalue weighted by Crippen LogP contribution is 2.24. The van der Waals surface area contributed by atoms with Crippen molar-refractivity contribution in [3.05, 3.63) is 87.9 Å². The minimum absolute atomic E-state index is 0.104. The van der Waals surface area contributed by atoms with Gasteiger partial charge in [0.1, 0.15) is 23.8 Å². The van der Waals surface area contributed by atoms with Gasteiger partial charge in [0, 0.05) is 12.1 Å². The van der Waals surface area contributed by atoms with Gasteiger partial charge in [-0.25, -0.2) is 9.97 Å². The number of pyridine rings is 1. The Bertz CT molecular complexity index is 1300. The van der Waals surface area contributed by atoms with Crippen LogP contribution in [0.1, 0.15) is 17.0 Å². The molecule has 0 unspecified atom stereocenters. The minimum Gasteiger partial charge on any atom is -0.439 e. The number of benzene rings is 2. The molecule has 1 N–H and O–H groups in total. The molecular weight excluding hydrogens is 382 g/mol. The van der Waals surface area contributed by atoms with Gasteiger partial charge in [0.15, 0.2) is 0 Å². The molecule has 0 aliphatic rings. The first-order chi connectivity index (χ1) is 14.5. The third-order valence-electron chi connectivity index (χ3n) is 4.36. The number of rotatable bonds is 5. The quantitative estimate of drug-likeness (QED) is 0.287. The standard InChI is InChI=1S/C22H15N5O3/c1-14-2-8-19-20(10-14)26-22(25-19)16(12-23)11-15-3-6-18(7-4-15)30-21-9-5-17(13-24-21)27(28)29/h2-11,13H,1H3,(H,25,26). The smallest absolute Gasteiger partial charge is 0.287 e. The fraction of sp³-hybridized carbons (Fsp3) is 0.0455. The molecule has 4 rings (SSSR count). The molecule has 0 aliphatic carbocycles. The molecule has 2 aromatic carbocycles.